The number of nitrogens with zero attached hydrogens (tertiary/aromatic N) is 2. The van der Waals surface area contributed by atoms with E-state index in [4.69, 9.17) is 20.6 Å². The van der Waals surface area contributed by atoms with Crippen molar-refractivity contribution in [1.82, 2.24) is 0 Å². The fraction of sp³-hybridized carbons (Fsp3) is 0.385. The number of hydrogen-bond acceptors (Lipinski definition) is 6. The Balaban J connectivity index is 1.64. The number of cyclic esters (lactones) is 1. The second-order valence-electron chi connectivity index (χ2n) is 8.87. The van der Waals surface area contributed by atoms with Gasteiger partial charge in [0.25, 0.3) is 0 Å². The Bertz CT molecular complexity index is 1110. The summed E-state index contributed by atoms with van der Waals surface area (Å²) in [7, 11) is 0. The van der Waals surface area contributed by atoms with E-state index in [0.717, 1.165) is 0 Å². The molecular weight excluding hydrogens is 464 g/mol. The molecule has 0 aromatic heterocycles. The van der Waals surface area contributed by atoms with Gasteiger partial charge in [0, 0.05) is 11.3 Å². The van der Waals surface area contributed by atoms with Crippen molar-refractivity contribution in [2.24, 2.45) is 5.73 Å². The normalized spacial score (nSPS) is 15.4. The second-order valence-corrected chi connectivity index (χ2v) is 8.87. The van der Waals surface area contributed by atoms with Crippen molar-refractivity contribution < 1.29 is 33.4 Å². The third kappa shape index (κ3) is 6.19. The molecule has 192 valence electrons. The van der Waals surface area contributed by atoms with Crippen molar-refractivity contribution in [2.45, 2.75) is 32.8 Å². The molecule has 1 fully saturated rings. The molecule has 1 heterocycles. The van der Waals surface area contributed by atoms with Crippen molar-refractivity contribution in [3.63, 3.8) is 0 Å². The lowest BCUT2D eigenvalue weighted by Crippen LogP contribution is -2.56. The Kier molecular flexibility index (Phi) is 8.65. The first kappa shape index (κ1) is 26.7. The van der Waals surface area contributed by atoms with Crippen LogP contribution in [0, 0.1) is 5.41 Å². The van der Waals surface area contributed by atoms with Gasteiger partial charge in [0.15, 0.2) is 12.6 Å². The average Bonchev–Trinajstić information content (AvgIpc) is 3.23. The summed E-state index contributed by atoms with van der Waals surface area (Å²) >= 11 is 0. The van der Waals surface area contributed by atoms with Gasteiger partial charge in [0.05, 0.1) is 25.2 Å². The number of aliphatic carboxylic acids is 1. The van der Waals surface area contributed by atoms with E-state index in [9.17, 15) is 19.5 Å². The quantitative estimate of drug-likeness (QED) is 0.232. The van der Waals surface area contributed by atoms with Crippen molar-refractivity contribution in [1.29, 1.82) is 5.41 Å². The number of amidine groups is 1. The smallest absolute Gasteiger partial charge is 0.414 e. The molecule has 0 aliphatic carbocycles. The van der Waals surface area contributed by atoms with E-state index in [-0.39, 0.29) is 35.9 Å². The summed E-state index contributed by atoms with van der Waals surface area (Å²) in [6, 6.07) is 13.4. The maximum atomic E-state index is 13.3. The van der Waals surface area contributed by atoms with Crippen molar-refractivity contribution in [3.8, 4) is 5.75 Å². The maximum absolute atomic E-state index is 13.3. The highest BCUT2D eigenvalue weighted by Gasteiger charge is 2.38. The number of nitrogens with two attached hydrogens (primary N) is 1. The highest BCUT2D eigenvalue weighted by molar-refractivity contribution is 5.97. The maximum Gasteiger partial charge on any atom is 0.414 e. The van der Waals surface area contributed by atoms with Crippen LogP contribution in [0.3, 0.4) is 0 Å². The topological polar surface area (TPSA) is 143 Å². The Morgan fingerprint density at radius 3 is 2.39 bits per heavy atom. The standard InChI is InChI=1S/C26H32N4O6/c1-3-12-30(13-4-2,16-23(31)32)25(33)18-8-10-21(11-9-18)35-17-22-15-29(26(34)36-22)20-7-5-6-19(14-20)24(27)28/h5-11,14,22H,3-4,12-13,15-17H2,1-2H3,(H3-,27,28,31,32)/p+1. The number of carbonyl (C=O) groups is 3. The lowest BCUT2D eigenvalue weighted by molar-refractivity contribution is -0.842. The van der Waals surface area contributed by atoms with Crippen LogP contribution in [-0.4, -0.2) is 72.3 Å². The highest BCUT2D eigenvalue weighted by Crippen LogP contribution is 2.24. The molecule has 2 aromatic rings. The van der Waals surface area contributed by atoms with Gasteiger partial charge in [-0.25, -0.2) is 18.9 Å². The molecule has 1 saturated heterocycles. The minimum absolute atomic E-state index is 0.0883. The summed E-state index contributed by atoms with van der Waals surface area (Å²) in [6.07, 6.45) is 0.366. The molecule has 4 N–H and O–H groups in total. The Hall–Kier alpha value is -3.92. The molecule has 2 aromatic carbocycles. The number of carboxylic acids is 1. The van der Waals surface area contributed by atoms with Crippen LogP contribution < -0.4 is 15.4 Å². The molecule has 10 heteroatoms. The summed E-state index contributed by atoms with van der Waals surface area (Å²) in [5, 5.41) is 17.0. The Morgan fingerprint density at radius 2 is 1.81 bits per heavy atom. The average molecular weight is 498 g/mol. The van der Waals surface area contributed by atoms with Crippen LogP contribution in [0.15, 0.2) is 48.5 Å². The van der Waals surface area contributed by atoms with Crippen LogP contribution in [0.4, 0.5) is 10.5 Å². The van der Waals surface area contributed by atoms with Crippen LogP contribution in [-0.2, 0) is 9.53 Å². The molecule has 2 amide bonds. The number of hydrogen-bond donors (Lipinski definition) is 3. The summed E-state index contributed by atoms with van der Waals surface area (Å²) in [6.45, 7) is 4.92. The van der Waals surface area contributed by atoms with Crippen LogP contribution in [0.5, 0.6) is 5.75 Å². The summed E-state index contributed by atoms with van der Waals surface area (Å²) in [4.78, 5) is 38.6. The lowest BCUT2D eigenvalue weighted by atomic mass is 10.1. The fourth-order valence-corrected chi connectivity index (χ4v) is 4.48. The number of anilines is 1. The number of amides is 2. The number of carboxylic acid groups (broad SMARTS) is 1. The molecule has 0 bridgehead atoms. The highest BCUT2D eigenvalue weighted by atomic mass is 16.6. The third-order valence-corrected chi connectivity index (χ3v) is 6.05. The molecule has 3 rings (SSSR count). The van der Waals surface area contributed by atoms with Gasteiger partial charge in [-0.2, -0.15) is 0 Å². The van der Waals surface area contributed by atoms with Gasteiger partial charge in [-0.05, 0) is 49.2 Å². The number of quaternary nitrogens is 1. The molecular formula is C26H33N4O6+. The largest absolute Gasteiger partial charge is 0.490 e. The van der Waals surface area contributed by atoms with E-state index in [1.165, 1.54) is 4.90 Å². The molecule has 0 spiro atoms. The second kappa shape index (κ2) is 11.7. The van der Waals surface area contributed by atoms with Crippen LogP contribution in [0.2, 0.25) is 0 Å². The summed E-state index contributed by atoms with van der Waals surface area (Å²) < 4.78 is 11.1. The molecule has 10 nitrogen and oxygen atoms in total. The molecule has 0 radical (unpaired) electrons. The van der Waals surface area contributed by atoms with Gasteiger partial charge in [0.1, 0.15) is 18.2 Å². The van der Waals surface area contributed by atoms with E-state index in [1.54, 1.807) is 48.5 Å². The van der Waals surface area contributed by atoms with Crippen molar-refractivity contribution in [2.75, 3.05) is 37.7 Å². The van der Waals surface area contributed by atoms with Crippen LogP contribution in [0.1, 0.15) is 42.6 Å². The summed E-state index contributed by atoms with van der Waals surface area (Å²) in [5.74, 6) is -0.809. The van der Waals surface area contributed by atoms with Gasteiger partial charge in [0.2, 0.25) is 0 Å². The summed E-state index contributed by atoms with van der Waals surface area (Å²) in [5.41, 5.74) is 7.06. The van der Waals surface area contributed by atoms with Gasteiger partial charge in [-0.15, -0.1) is 0 Å². The van der Waals surface area contributed by atoms with Crippen LogP contribution in [0.25, 0.3) is 0 Å². The first-order valence-electron chi connectivity index (χ1n) is 12.0. The zero-order valence-corrected chi connectivity index (χ0v) is 20.6. The van der Waals surface area contributed by atoms with Gasteiger partial charge < -0.3 is 20.3 Å². The zero-order chi connectivity index (χ0) is 26.3. The van der Waals surface area contributed by atoms with E-state index < -0.39 is 18.2 Å². The van der Waals surface area contributed by atoms with E-state index >= 15 is 0 Å². The number of nitrogen functional groups attached to an aromatic ring is 1. The zero-order valence-electron chi connectivity index (χ0n) is 20.6. The van der Waals surface area contributed by atoms with Gasteiger partial charge in [-0.1, -0.05) is 26.0 Å². The number of rotatable bonds is 12. The van der Waals surface area contributed by atoms with E-state index in [0.29, 0.717) is 48.5 Å². The fourth-order valence-electron chi connectivity index (χ4n) is 4.48. The van der Waals surface area contributed by atoms with E-state index in [2.05, 4.69) is 0 Å². The number of ether oxygens (including phenoxy) is 2. The van der Waals surface area contributed by atoms with Gasteiger partial charge >= 0.3 is 18.0 Å². The minimum atomic E-state index is -1.00. The number of carbonyl (C=O) groups excluding carboxylic acids is 2. The molecule has 1 unspecified atom stereocenters. The molecule has 1 atom stereocenters. The predicted molar refractivity (Wildman–Crippen MR) is 134 cm³/mol. The molecule has 0 saturated carbocycles. The Morgan fingerprint density at radius 1 is 1.14 bits per heavy atom. The van der Waals surface area contributed by atoms with Crippen molar-refractivity contribution in [3.05, 3.63) is 59.7 Å². The van der Waals surface area contributed by atoms with Crippen LogP contribution >= 0.6 is 0 Å². The number of benzene rings is 2. The Labute approximate surface area is 210 Å². The molecule has 1 aliphatic rings. The molecule has 1 aliphatic heterocycles. The lowest BCUT2D eigenvalue weighted by Gasteiger charge is -2.34. The third-order valence-electron chi connectivity index (χ3n) is 6.05. The number of nitrogens with one attached hydrogen (secondary N) is 1. The van der Waals surface area contributed by atoms with Gasteiger partial charge in [-0.3, -0.25) is 10.3 Å². The first-order chi connectivity index (χ1) is 17.2. The molecule has 36 heavy (non-hydrogen) atoms. The SMILES string of the molecule is CCC[N+](CCC)(CC(=O)O)C(=O)c1ccc(OCC2CN(c3cccc(C(=N)N)c3)C(=O)O2)cc1. The van der Waals surface area contributed by atoms with Crippen molar-refractivity contribution >= 4 is 29.5 Å². The minimum Gasteiger partial charge on any atom is -0.490 e. The monoisotopic (exact) mass is 497 g/mol. The predicted octanol–water partition coefficient (Wildman–Crippen LogP) is 3.24. The van der Waals surface area contributed by atoms with E-state index in [1.807, 2.05) is 13.8 Å². The first-order valence-corrected chi connectivity index (χ1v) is 12.0.